The maximum atomic E-state index is 11.3. The van der Waals surface area contributed by atoms with Crippen LogP contribution in [0.4, 0.5) is 0 Å². The van der Waals surface area contributed by atoms with Crippen LogP contribution in [0.5, 0.6) is 0 Å². The van der Waals surface area contributed by atoms with Crippen molar-refractivity contribution in [2.24, 2.45) is 0 Å². The van der Waals surface area contributed by atoms with Gasteiger partial charge in [0.1, 0.15) is 12.1 Å². The third-order valence-corrected chi connectivity index (χ3v) is 2.64. The van der Waals surface area contributed by atoms with Crippen molar-refractivity contribution < 1.29 is 9.59 Å². The van der Waals surface area contributed by atoms with Crippen LogP contribution in [0.3, 0.4) is 0 Å². The number of carbonyl (C=O) groups excluding carboxylic acids is 2. The number of carbonyl (C=O) groups is 2. The molecule has 13 heavy (non-hydrogen) atoms. The maximum Gasteiger partial charge on any atom is 0.243 e. The van der Waals surface area contributed by atoms with E-state index in [2.05, 4.69) is 10.6 Å². The topological polar surface area (TPSA) is 58.2 Å². The lowest BCUT2D eigenvalue weighted by Gasteiger charge is -2.27. The molecule has 1 aliphatic rings. The van der Waals surface area contributed by atoms with E-state index in [0.717, 1.165) is 5.75 Å². The Kier molecular flexibility index (Phi) is 3.59. The minimum atomic E-state index is -0.391. The molecular formula is C8H14N2O2S. The van der Waals surface area contributed by atoms with Crippen LogP contribution in [0.2, 0.25) is 0 Å². The number of thioether (sulfide) groups is 1. The Hall–Kier alpha value is -0.710. The van der Waals surface area contributed by atoms with Crippen LogP contribution in [0.25, 0.3) is 0 Å². The van der Waals surface area contributed by atoms with Gasteiger partial charge in [0.2, 0.25) is 11.8 Å². The van der Waals surface area contributed by atoms with Crippen molar-refractivity contribution >= 4 is 23.6 Å². The molecule has 74 valence electrons. The van der Waals surface area contributed by atoms with Gasteiger partial charge in [-0.25, -0.2) is 0 Å². The Morgan fingerprint density at radius 3 is 2.62 bits per heavy atom. The Morgan fingerprint density at radius 2 is 2.00 bits per heavy atom. The third-order valence-electron chi connectivity index (χ3n) is 2.00. The summed E-state index contributed by atoms with van der Waals surface area (Å²) >= 11 is 1.67. The fraction of sp³-hybridized carbons (Fsp3) is 0.750. The Balaban J connectivity index is 2.46. The molecule has 0 aromatic carbocycles. The van der Waals surface area contributed by atoms with E-state index in [4.69, 9.17) is 0 Å². The minimum Gasteiger partial charge on any atom is -0.343 e. The summed E-state index contributed by atoms with van der Waals surface area (Å²) in [6.07, 6.45) is 2.68. The summed E-state index contributed by atoms with van der Waals surface area (Å²) in [5.41, 5.74) is 0. The summed E-state index contributed by atoms with van der Waals surface area (Å²) in [7, 11) is 0. The van der Waals surface area contributed by atoms with Gasteiger partial charge in [0.05, 0.1) is 0 Å². The standard InChI is InChI=1S/C8H14N2O2S/c1-5-7(11)10-6(3-4-13-2)8(12)9-5/h5-6H,3-4H2,1-2H3,(H,9,12)(H,10,11). The minimum absolute atomic E-state index is 0.0684. The third kappa shape index (κ3) is 2.62. The lowest BCUT2D eigenvalue weighted by Crippen LogP contribution is -2.60. The van der Waals surface area contributed by atoms with Crippen LogP contribution >= 0.6 is 11.8 Å². The predicted molar refractivity (Wildman–Crippen MR) is 52.5 cm³/mol. The Bertz CT molecular complexity index is 220. The number of hydrogen-bond acceptors (Lipinski definition) is 3. The van der Waals surface area contributed by atoms with Gasteiger partial charge < -0.3 is 10.6 Å². The van der Waals surface area contributed by atoms with E-state index in [-0.39, 0.29) is 17.9 Å². The van der Waals surface area contributed by atoms with Gasteiger partial charge in [-0.15, -0.1) is 0 Å². The van der Waals surface area contributed by atoms with E-state index in [0.29, 0.717) is 6.42 Å². The number of amides is 2. The smallest absolute Gasteiger partial charge is 0.243 e. The molecule has 2 N–H and O–H groups in total. The summed E-state index contributed by atoms with van der Waals surface area (Å²) in [5, 5.41) is 5.31. The molecule has 1 saturated heterocycles. The highest BCUT2D eigenvalue weighted by molar-refractivity contribution is 7.98. The normalized spacial score (nSPS) is 28.2. The van der Waals surface area contributed by atoms with Crippen molar-refractivity contribution in [1.29, 1.82) is 0 Å². The highest BCUT2D eigenvalue weighted by atomic mass is 32.2. The zero-order valence-electron chi connectivity index (χ0n) is 7.79. The molecule has 1 fully saturated rings. The van der Waals surface area contributed by atoms with Crippen LogP contribution in [0, 0.1) is 0 Å². The van der Waals surface area contributed by atoms with E-state index < -0.39 is 6.04 Å². The second-order valence-electron chi connectivity index (χ2n) is 3.07. The SMILES string of the molecule is CSCCC1NC(=O)C(C)NC1=O. The quantitative estimate of drug-likeness (QED) is 0.663. The fourth-order valence-electron chi connectivity index (χ4n) is 1.18. The highest BCUT2D eigenvalue weighted by Crippen LogP contribution is 2.04. The maximum absolute atomic E-state index is 11.3. The van der Waals surface area contributed by atoms with Crippen molar-refractivity contribution in [2.45, 2.75) is 25.4 Å². The van der Waals surface area contributed by atoms with Crippen molar-refractivity contribution in [3.63, 3.8) is 0 Å². The first-order valence-corrected chi connectivity index (χ1v) is 5.64. The fourth-order valence-corrected chi connectivity index (χ4v) is 1.65. The van der Waals surface area contributed by atoms with Gasteiger partial charge in [0.15, 0.2) is 0 Å². The molecule has 2 amide bonds. The molecule has 0 aromatic rings. The van der Waals surface area contributed by atoms with Crippen LogP contribution in [0.15, 0.2) is 0 Å². The van der Waals surface area contributed by atoms with Crippen molar-refractivity contribution in [3.8, 4) is 0 Å². The molecule has 5 heteroatoms. The molecule has 0 bridgehead atoms. The van der Waals surface area contributed by atoms with Crippen LogP contribution in [0.1, 0.15) is 13.3 Å². The molecule has 0 radical (unpaired) electrons. The molecule has 2 unspecified atom stereocenters. The van der Waals surface area contributed by atoms with Crippen molar-refractivity contribution in [1.82, 2.24) is 10.6 Å². The van der Waals surface area contributed by atoms with E-state index >= 15 is 0 Å². The molecule has 4 nitrogen and oxygen atoms in total. The molecule has 1 rings (SSSR count). The van der Waals surface area contributed by atoms with Gasteiger partial charge in [0.25, 0.3) is 0 Å². The van der Waals surface area contributed by atoms with E-state index in [1.54, 1.807) is 18.7 Å². The Labute approximate surface area is 81.8 Å². The zero-order valence-corrected chi connectivity index (χ0v) is 8.61. The van der Waals surface area contributed by atoms with Gasteiger partial charge in [-0.05, 0) is 25.4 Å². The van der Waals surface area contributed by atoms with Crippen molar-refractivity contribution in [3.05, 3.63) is 0 Å². The molecule has 0 spiro atoms. The van der Waals surface area contributed by atoms with Crippen LogP contribution < -0.4 is 10.6 Å². The number of rotatable bonds is 3. The summed E-state index contributed by atoms with van der Waals surface area (Å²) in [5.74, 6) is 0.721. The van der Waals surface area contributed by atoms with E-state index in [1.165, 1.54) is 0 Å². The predicted octanol–water partition coefficient (Wildman–Crippen LogP) is -0.257. The molecule has 0 aliphatic carbocycles. The summed E-state index contributed by atoms with van der Waals surface area (Å²) in [4.78, 5) is 22.5. The zero-order chi connectivity index (χ0) is 9.84. The average molecular weight is 202 g/mol. The average Bonchev–Trinajstić information content (AvgIpc) is 2.09. The second-order valence-corrected chi connectivity index (χ2v) is 4.06. The first kappa shape index (κ1) is 10.4. The van der Waals surface area contributed by atoms with Crippen LogP contribution in [-0.4, -0.2) is 35.9 Å². The summed E-state index contributed by atoms with van der Waals surface area (Å²) in [6.45, 7) is 1.68. The first-order valence-electron chi connectivity index (χ1n) is 4.25. The van der Waals surface area contributed by atoms with Gasteiger partial charge in [0, 0.05) is 0 Å². The first-order chi connectivity index (χ1) is 6.15. The van der Waals surface area contributed by atoms with E-state index in [9.17, 15) is 9.59 Å². The molecule has 1 heterocycles. The number of hydrogen-bond donors (Lipinski definition) is 2. The molecule has 0 saturated carbocycles. The van der Waals surface area contributed by atoms with E-state index in [1.807, 2.05) is 6.26 Å². The molecule has 0 aromatic heterocycles. The van der Waals surface area contributed by atoms with Gasteiger partial charge >= 0.3 is 0 Å². The molecule has 1 aliphatic heterocycles. The number of piperazine rings is 1. The van der Waals surface area contributed by atoms with Gasteiger partial charge in [-0.1, -0.05) is 0 Å². The van der Waals surface area contributed by atoms with Crippen LogP contribution in [-0.2, 0) is 9.59 Å². The van der Waals surface area contributed by atoms with Crippen molar-refractivity contribution in [2.75, 3.05) is 12.0 Å². The monoisotopic (exact) mass is 202 g/mol. The summed E-state index contributed by atoms with van der Waals surface area (Å²) < 4.78 is 0. The largest absolute Gasteiger partial charge is 0.343 e. The number of nitrogens with one attached hydrogen (secondary N) is 2. The lowest BCUT2D eigenvalue weighted by atomic mass is 10.1. The highest BCUT2D eigenvalue weighted by Gasteiger charge is 2.29. The molecular weight excluding hydrogens is 188 g/mol. The molecule has 2 atom stereocenters. The second kappa shape index (κ2) is 4.50. The lowest BCUT2D eigenvalue weighted by molar-refractivity contribution is -0.136. The van der Waals surface area contributed by atoms with Gasteiger partial charge in [-0.3, -0.25) is 9.59 Å². The summed E-state index contributed by atoms with van der Waals surface area (Å²) in [6, 6.07) is -0.728. The van der Waals surface area contributed by atoms with Gasteiger partial charge in [-0.2, -0.15) is 11.8 Å². The Morgan fingerprint density at radius 1 is 1.31 bits per heavy atom.